The maximum Gasteiger partial charge on any atom is 0.387 e. The monoisotopic (exact) mass is 315 g/mol. The molecule has 112 valence electrons. The molecule has 2 aromatic carbocycles. The fraction of sp³-hybridized carbons (Fsp3) is 0.200. The molecule has 6 heteroatoms. The number of halogens is 4. The normalized spacial score (nSPS) is 10.9. The molecular weight excluding hydrogens is 303 g/mol. The number of ether oxygens (including phenoxy) is 1. The van der Waals surface area contributed by atoms with Crippen molar-refractivity contribution in [2.45, 2.75) is 19.7 Å². The van der Waals surface area contributed by atoms with Gasteiger partial charge >= 0.3 is 6.61 Å². The van der Waals surface area contributed by atoms with Gasteiger partial charge in [-0.3, -0.25) is 0 Å². The Balaban J connectivity index is 1.98. The van der Waals surface area contributed by atoms with Crippen molar-refractivity contribution in [2.75, 3.05) is 0 Å². The molecule has 1 N–H and O–H groups in total. The zero-order chi connectivity index (χ0) is 15.2. The van der Waals surface area contributed by atoms with Crippen molar-refractivity contribution in [3.05, 3.63) is 64.4 Å². The molecule has 0 unspecified atom stereocenters. The molecule has 0 amide bonds. The van der Waals surface area contributed by atoms with Crippen molar-refractivity contribution in [2.24, 2.45) is 0 Å². The van der Waals surface area contributed by atoms with Crippen LogP contribution in [0.3, 0.4) is 0 Å². The van der Waals surface area contributed by atoms with Crippen molar-refractivity contribution in [3.8, 4) is 5.75 Å². The topological polar surface area (TPSA) is 21.3 Å². The zero-order valence-electron chi connectivity index (χ0n) is 11.0. The Labute approximate surface area is 125 Å². The van der Waals surface area contributed by atoms with Gasteiger partial charge in [-0.25, -0.2) is 4.39 Å². The summed E-state index contributed by atoms with van der Waals surface area (Å²) in [7, 11) is 0. The van der Waals surface area contributed by atoms with Gasteiger partial charge in [-0.1, -0.05) is 23.7 Å². The Morgan fingerprint density at radius 3 is 2.43 bits per heavy atom. The van der Waals surface area contributed by atoms with Gasteiger partial charge in [0, 0.05) is 23.7 Å². The quantitative estimate of drug-likeness (QED) is 0.854. The molecule has 0 saturated heterocycles. The fourth-order valence-electron chi connectivity index (χ4n) is 1.84. The van der Waals surface area contributed by atoms with Gasteiger partial charge in [0.1, 0.15) is 11.6 Å². The Hall–Kier alpha value is -1.72. The number of rotatable bonds is 6. The van der Waals surface area contributed by atoms with E-state index >= 15 is 0 Å². The first-order chi connectivity index (χ1) is 10.0. The van der Waals surface area contributed by atoms with Crippen LogP contribution in [0, 0.1) is 5.82 Å². The smallest absolute Gasteiger partial charge is 0.387 e. The molecule has 0 fully saturated rings. The third kappa shape index (κ3) is 4.95. The summed E-state index contributed by atoms with van der Waals surface area (Å²) < 4.78 is 41.8. The molecule has 0 radical (unpaired) electrons. The highest BCUT2D eigenvalue weighted by atomic mass is 35.5. The highest BCUT2D eigenvalue weighted by Crippen LogP contribution is 2.24. The number of hydrogen-bond acceptors (Lipinski definition) is 2. The van der Waals surface area contributed by atoms with E-state index in [0.29, 0.717) is 23.7 Å². The number of hydrogen-bond donors (Lipinski definition) is 1. The molecular formula is C15H13ClF3NO. The lowest BCUT2D eigenvalue weighted by molar-refractivity contribution is -0.0505. The van der Waals surface area contributed by atoms with E-state index < -0.39 is 6.61 Å². The van der Waals surface area contributed by atoms with Crippen molar-refractivity contribution >= 4 is 11.6 Å². The second kappa shape index (κ2) is 7.33. The lowest BCUT2D eigenvalue weighted by Crippen LogP contribution is -2.14. The minimum atomic E-state index is -2.89. The second-order valence-electron chi connectivity index (χ2n) is 4.36. The summed E-state index contributed by atoms with van der Waals surface area (Å²) in [5, 5.41) is 3.51. The molecule has 0 saturated carbocycles. The summed E-state index contributed by atoms with van der Waals surface area (Å²) in [6.45, 7) is -2.11. The minimum Gasteiger partial charge on any atom is -0.434 e. The fourth-order valence-corrected chi connectivity index (χ4v) is 2.04. The SMILES string of the molecule is Fc1ccc(CNCc2cc(Cl)ccc2OC(F)F)cc1. The van der Waals surface area contributed by atoms with Gasteiger partial charge < -0.3 is 10.1 Å². The number of nitrogens with one attached hydrogen (secondary N) is 1. The van der Waals surface area contributed by atoms with E-state index in [9.17, 15) is 13.2 Å². The van der Waals surface area contributed by atoms with Gasteiger partial charge in [0.15, 0.2) is 0 Å². The van der Waals surface area contributed by atoms with Crippen LogP contribution in [0.2, 0.25) is 5.02 Å². The molecule has 0 heterocycles. The number of benzene rings is 2. The lowest BCUT2D eigenvalue weighted by Gasteiger charge is -2.12. The molecule has 0 spiro atoms. The van der Waals surface area contributed by atoms with Crippen molar-refractivity contribution < 1.29 is 17.9 Å². The Morgan fingerprint density at radius 1 is 1.05 bits per heavy atom. The molecule has 21 heavy (non-hydrogen) atoms. The maximum absolute atomic E-state index is 12.8. The summed E-state index contributed by atoms with van der Waals surface area (Å²) in [5.74, 6) is -0.220. The summed E-state index contributed by atoms with van der Waals surface area (Å²) >= 11 is 5.85. The molecule has 2 rings (SSSR count). The molecule has 2 aromatic rings. The Kier molecular flexibility index (Phi) is 5.47. The van der Waals surface area contributed by atoms with Crippen molar-refractivity contribution in [1.82, 2.24) is 5.32 Å². The summed E-state index contributed by atoms with van der Waals surface area (Å²) in [6, 6.07) is 10.5. The molecule has 0 aliphatic heterocycles. The first-order valence-corrected chi connectivity index (χ1v) is 6.61. The lowest BCUT2D eigenvalue weighted by atomic mass is 10.2. The van der Waals surface area contributed by atoms with Crippen LogP contribution in [-0.4, -0.2) is 6.61 Å². The predicted molar refractivity (Wildman–Crippen MR) is 75.0 cm³/mol. The second-order valence-corrected chi connectivity index (χ2v) is 4.80. The van der Waals surface area contributed by atoms with E-state index in [2.05, 4.69) is 10.1 Å². The molecule has 0 bridgehead atoms. The Bertz CT molecular complexity index is 590. The summed E-state index contributed by atoms with van der Waals surface area (Å²) in [6.07, 6.45) is 0. The predicted octanol–water partition coefficient (Wildman–Crippen LogP) is 4.37. The highest BCUT2D eigenvalue weighted by molar-refractivity contribution is 6.30. The molecule has 0 atom stereocenters. The van der Waals surface area contributed by atoms with Crippen molar-refractivity contribution in [3.63, 3.8) is 0 Å². The molecule has 0 aliphatic carbocycles. The van der Waals surface area contributed by atoms with E-state index in [1.165, 1.54) is 24.3 Å². The van der Waals surface area contributed by atoms with Crippen LogP contribution in [0.4, 0.5) is 13.2 Å². The first kappa shape index (κ1) is 15.7. The number of alkyl halides is 2. The van der Waals surface area contributed by atoms with Crippen LogP contribution in [-0.2, 0) is 13.1 Å². The maximum atomic E-state index is 12.8. The van der Waals surface area contributed by atoms with Crippen LogP contribution in [0.15, 0.2) is 42.5 Å². The van der Waals surface area contributed by atoms with E-state index in [1.807, 2.05) is 0 Å². The average Bonchev–Trinajstić information content (AvgIpc) is 2.43. The molecule has 2 nitrogen and oxygen atoms in total. The van der Waals surface area contributed by atoms with E-state index in [1.54, 1.807) is 18.2 Å². The summed E-state index contributed by atoms with van der Waals surface area (Å²) in [5.41, 5.74) is 1.42. The largest absolute Gasteiger partial charge is 0.434 e. The van der Waals surface area contributed by atoms with E-state index in [0.717, 1.165) is 5.56 Å². The van der Waals surface area contributed by atoms with Crippen molar-refractivity contribution in [1.29, 1.82) is 0 Å². The summed E-state index contributed by atoms with van der Waals surface area (Å²) in [4.78, 5) is 0. The zero-order valence-corrected chi connectivity index (χ0v) is 11.7. The van der Waals surface area contributed by atoms with E-state index in [-0.39, 0.29) is 11.6 Å². The van der Waals surface area contributed by atoms with Crippen LogP contribution in [0.25, 0.3) is 0 Å². The van der Waals surface area contributed by atoms with Crippen LogP contribution < -0.4 is 10.1 Å². The third-order valence-corrected chi connectivity index (χ3v) is 3.03. The minimum absolute atomic E-state index is 0.0843. The van der Waals surface area contributed by atoms with Gasteiger partial charge in [-0.05, 0) is 35.9 Å². The first-order valence-electron chi connectivity index (χ1n) is 6.23. The van der Waals surface area contributed by atoms with Crippen LogP contribution in [0.1, 0.15) is 11.1 Å². The van der Waals surface area contributed by atoms with Gasteiger partial charge in [0.2, 0.25) is 0 Å². The highest BCUT2D eigenvalue weighted by Gasteiger charge is 2.10. The van der Waals surface area contributed by atoms with Gasteiger partial charge in [0.25, 0.3) is 0 Å². The third-order valence-electron chi connectivity index (χ3n) is 2.80. The molecule has 0 aromatic heterocycles. The van der Waals surface area contributed by atoms with Crippen LogP contribution in [0.5, 0.6) is 5.75 Å². The van der Waals surface area contributed by atoms with Gasteiger partial charge in [0.05, 0.1) is 0 Å². The average molecular weight is 316 g/mol. The Morgan fingerprint density at radius 2 is 1.76 bits per heavy atom. The van der Waals surface area contributed by atoms with Gasteiger partial charge in [-0.2, -0.15) is 8.78 Å². The molecule has 0 aliphatic rings. The standard InChI is InChI=1S/C15H13ClF3NO/c16-12-3-6-14(21-15(18)19)11(7-12)9-20-8-10-1-4-13(17)5-2-10/h1-7,15,20H,8-9H2. The van der Waals surface area contributed by atoms with E-state index in [4.69, 9.17) is 11.6 Å². The van der Waals surface area contributed by atoms with Crippen LogP contribution >= 0.6 is 11.6 Å². The van der Waals surface area contributed by atoms with Gasteiger partial charge in [-0.15, -0.1) is 0 Å².